The molecular weight excluding hydrogens is 367 g/mol. The van der Waals surface area contributed by atoms with Crippen LogP contribution < -0.4 is 0 Å². The van der Waals surface area contributed by atoms with E-state index in [1.165, 1.54) is 17.5 Å². The Morgan fingerprint density at radius 3 is 2.48 bits per heavy atom. The van der Waals surface area contributed by atoms with Crippen LogP contribution >= 0.6 is 0 Å². The van der Waals surface area contributed by atoms with E-state index in [2.05, 4.69) is 22.0 Å². The number of benzene rings is 1. The number of likely N-dealkylation sites (tertiary alicyclic amines) is 1. The molecule has 4 nitrogen and oxygen atoms in total. The smallest absolute Gasteiger partial charge is 0.123 e. The Labute approximate surface area is 172 Å². The van der Waals surface area contributed by atoms with Gasteiger partial charge in [0.05, 0.1) is 32.0 Å². The largest absolute Gasteiger partial charge is 0.381 e. The summed E-state index contributed by atoms with van der Waals surface area (Å²) >= 11 is 0. The van der Waals surface area contributed by atoms with Crippen molar-refractivity contribution in [3.63, 3.8) is 0 Å². The van der Waals surface area contributed by atoms with E-state index >= 15 is 0 Å². The summed E-state index contributed by atoms with van der Waals surface area (Å²) in [4.78, 5) is 7.19. The van der Waals surface area contributed by atoms with Gasteiger partial charge in [0.25, 0.3) is 0 Å². The first-order valence-corrected chi connectivity index (χ1v) is 10.7. The van der Waals surface area contributed by atoms with Gasteiger partial charge in [-0.1, -0.05) is 18.2 Å². The van der Waals surface area contributed by atoms with Crippen molar-refractivity contribution in [1.82, 2.24) is 9.88 Å². The van der Waals surface area contributed by atoms with Crippen LogP contribution in [0.4, 0.5) is 4.39 Å². The standard InChI is InChI=1S/C24H29FN2O2/c1-18-2-5-20(12-26-18)24(16-29-17-24)27-11-10-23(15-27,21-13-28-14-21)9-8-19-3-6-22(25)7-4-19/h2-7,12,21H,8-11,13-17H2,1H3. The maximum Gasteiger partial charge on any atom is 0.123 e. The second-order valence-electron chi connectivity index (χ2n) is 9.11. The molecule has 5 rings (SSSR count). The van der Waals surface area contributed by atoms with Crippen LogP contribution in [0.2, 0.25) is 0 Å². The molecule has 0 N–H and O–H groups in total. The number of aromatic nitrogens is 1. The third kappa shape index (κ3) is 3.39. The number of pyridine rings is 1. The molecule has 0 saturated carbocycles. The first-order valence-electron chi connectivity index (χ1n) is 10.7. The minimum Gasteiger partial charge on any atom is -0.381 e. The second-order valence-corrected chi connectivity index (χ2v) is 9.11. The Morgan fingerprint density at radius 1 is 1.10 bits per heavy atom. The van der Waals surface area contributed by atoms with E-state index in [1.54, 1.807) is 12.1 Å². The molecule has 3 aliphatic rings. The van der Waals surface area contributed by atoms with E-state index in [1.807, 2.05) is 25.3 Å². The van der Waals surface area contributed by atoms with Crippen LogP contribution in [0.15, 0.2) is 42.6 Å². The van der Waals surface area contributed by atoms with Gasteiger partial charge in [0.15, 0.2) is 0 Å². The van der Waals surface area contributed by atoms with Gasteiger partial charge in [-0.05, 0) is 67.5 Å². The SMILES string of the molecule is Cc1ccc(C2(N3CCC(CCc4ccc(F)cc4)(C4COC4)C3)COC2)cn1. The minimum absolute atomic E-state index is 0.0388. The zero-order valence-corrected chi connectivity index (χ0v) is 17.1. The van der Waals surface area contributed by atoms with Gasteiger partial charge in [0.1, 0.15) is 5.82 Å². The molecule has 3 aliphatic heterocycles. The first-order chi connectivity index (χ1) is 14.1. The van der Waals surface area contributed by atoms with Crippen LogP contribution in [-0.4, -0.2) is 49.4 Å². The fourth-order valence-electron chi connectivity index (χ4n) is 5.21. The number of ether oxygens (including phenoxy) is 2. The number of hydrogen-bond donors (Lipinski definition) is 0. The summed E-state index contributed by atoms with van der Waals surface area (Å²) in [7, 11) is 0. The normalized spacial score (nSPS) is 26.8. The van der Waals surface area contributed by atoms with Gasteiger partial charge in [-0.15, -0.1) is 0 Å². The summed E-state index contributed by atoms with van der Waals surface area (Å²) in [5, 5.41) is 0. The van der Waals surface area contributed by atoms with E-state index in [0.717, 1.165) is 58.1 Å². The lowest BCUT2D eigenvalue weighted by atomic mass is 9.69. The predicted molar refractivity (Wildman–Crippen MR) is 109 cm³/mol. The molecule has 5 heteroatoms. The fourth-order valence-corrected chi connectivity index (χ4v) is 5.21. The van der Waals surface area contributed by atoms with E-state index in [9.17, 15) is 4.39 Å². The van der Waals surface area contributed by atoms with E-state index < -0.39 is 0 Å². The zero-order chi connectivity index (χ0) is 19.9. The molecule has 1 unspecified atom stereocenters. The maximum absolute atomic E-state index is 13.3. The summed E-state index contributed by atoms with van der Waals surface area (Å²) in [5.74, 6) is 0.448. The van der Waals surface area contributed by atoms with Crippen molar-refractivity contribution in [2.45, 2.75) is 31.7 Å². The maximum atomic E-state index is 13.3. The average Bonchev–Trinajstić information content (AvgIpc) is 3.05. The van der Waals surface area contributed by atoms with Crippen LogP contribution in [0.5, 0.6) is 0 Å². The van der Waals surface area contributed by atoms with Gasteiger partial charge in [0, 0.05) is 24.4 Å². The Morgan fingerprint density at radius 2 is 1.90 bits per heavy atom. The van der Waals surface area contributed by atoms with Crippen molar-refractivity contribution in [2.75, 3.05) is 39.5 Å². The van der Waals surface area contributed by atoms with Crippen molar-refractivity contribution in [2.24, 2.45) is 11.3 Å². The summed E-state index contributed by atoms with van der Waals surface area (Å²) in [6.07, 6.45) is 5.32. The summed E-state index contributed by atoms with van der Waals surface area (Å²) in [6.45, 7) is 7.40. The van der Waals surface area contributed by atoms with Crippen molar-refractivity contribution in [1.29, 1.82) is 0 Å². The molecule has 154 valence electrons. The van der Waals surface area contributed by atoms with Crippen LogP contribution in [0.1, 0.15) is 29.7 Å². The van der Waals surface area contributed by atoms with Gasteiger partial charge >= 0.3 is 0 Å². The van der Waals surface area contributed by atoms with Crippen LogP contribution in [0.25, 0.3) is 0 Å². The number of hydrogen-bond acceptors (Lipinski definition) is 4. The Kier molecular flexibility index (Phi) is 4.93. The summed E-state index contributed by atoms with van der Waals surface area (Å²) in [6, 6.07) is 11.3. The molecule has 3 saturated heterocycles. The van der Waals surface area contributed by atoms with Crippen molar-refractivity contribution in [3.05, 3.63) is 65.2 Å². The van der Waals surface area contributed by atoms with Gasteiger partial charge < -0.3 is 9.47 Å². The molecule has 0 spiro atoms. The van der Waals surface area contributed by atoms with Crippen molar-refractivity contribution >= 4 is 0 Å². The molecule has 3 fully saturated rings. The van der Waals surface area contributed by atoms with Crippen molar-refractivity contribution < 1.29 is 13.9 Å². The molecular formula is C24H29FN2O2. The Hall–Kier alpha value is -1.82. The number of nitrogens with zero attached hydrogens (tertiary/aromatic N) is 2. The lowest BCUT2D eigenvalue weighted by Gasteiger charge is -2.50. The third-order valence-electron chi connectivity index (χ3n) is 7.45. The fraction of sp³-hybridized carbons (Fsp3) is 0.542. The molecule has 2 aromatic rings. The highest BCUT2D eigenvalue weighted by Gasteiger charge is 2.54. The van der Waals surface area contributed by atoms with E-state index in [-0.39, 0.29) is 16.8 Å². The molecule has 4 heterocycles. The summed E-state index contributed by atoms with van der Waals surface area (Å²) in [5.41, 5.74) is 3.75. The molecule has 29 heavy (non-hydrogen) atoms. The van der Waals surface area contributed by atoms with Crippen LogP contribution in [-0.2, 0) is 21.4 Å². The molecule has 0 bridgehead atoms. The number of rotatable bonds is 6. The first kappa shape index (κ1) is 19.2. The van der Waals surface area contributed by atoms with E-state index in [4.69, 9.17) is 9.47 Å². The van der Waals surface area contributed by atoms with Gasteiger partial charge in [-0.2, -0.15) is 0 Å². The Bertz CT molecular complexity index is 846. The molecule has 0 radical (unpaired) electrons. The highest BCUT2D eigenvalue weighted by molar-refractivity contribution is 5.27. The quantitative estimate of drug-likeness (QED) is 0.745. The Balaban J connectivity index is 1.36. The van der Waals surface area contributed by atoms with Crippen molar-refractivity contribution in [3.8, 4) is 0 Å². The average molecular weight is 397 g/mol. The van der Waals surface area contributed by atoms with Crippen LogP contribution in [0, 0.1) is 24.1 Å². The highest BCUT2D eigenvalue weighted by Crippen LogP contribution is 2.50. The molecule has 1 aromatic heterocycles. The number of halogens is 1. The molecule has 0 amide bonds. The topological polar surface area (TPSA) is 34.6 Å². The lowest BCUT2D eigenvalue weighted by molar-refractivity contribution is -0.151. The van der Waals surface area contributed by atoms with Crippen LogP contribution in [0.3, 0.4) is 0 Å². The van der Waals surface area contributed by atoms with Gasteiger partial charge in [-0.3, -0.25) is 9.88 Å². The van der Waals surface area contributed by atoms with Gasteiger partial charge in [-0.25, -0.2) is 4.39 Å². The third-order valence-corrected chi connectivity index (χ3v) is 7.45. The van der Waals surface area contributed by atoms with Gasteiger partial charge in [0.2, 0.25) is 0 Å². The summed E-state index contributed by atoms with van der Waals surface area (Å²) < 4.78 is 24.6. The second kappa shape index (κ2) is 7.46. The minimum atomic E-state index is -0.165. The highest BCUT2D eigenvalue weighted by atomic mass is 19.1. The number of aryl methyl sites for hydroxylation is 2. The van der Waals surface area contributed by atoms with E-state index in [0.29, 0.717) is 5.92 Å². The molecule has 1 atom stereocenters. The molecule has 0 aliphatic carbocycles. The monoisotopic (exact) mass is 396 g/mol. The zero-order valence-electron chi connectivity index (χ0n) is 17.1. The molecule has 1 aromatic carbocycles. The predicted octanol–water partition coefficient (Wildman–Crippen LogP) is 3.73. The lowest BCUT2D eigenvalue weighted by Crippen LogP contribution is -2.59.